The predicted molar refractivity (Wildman–Crippen MR) is 62.1 cm³/mol. The highest BCUT2D eigenvalue weighted by atomic mass is 35.5. The van der Waals surface area contributed by atoms with Crippen molar-refractivity contribution in [3.63, 3.8) is 0 Å². The molecule has 1 aromatic carbocycles. The summed E-state index contributed by atoms with van der Waals surface area (Å²) in [6, 6.07) is 7.60. The summed E-state index contributed by atoms with van der Waals surface area (Å²) in [6.07, 6.45) is 1.58. The van der Waals surface area contributed by atoms with E-state index in [4.69, 9.17) is 11.6 Å². The highest BCUT2D eigenvalue weighted by Gasteiger charge is 2.03. The summed E-state index contributed by atoms with van der Waals surface area (Å²) < 4.78 is 0. The van der Waals surface area contributed by atoms with E-state index in [1.165, 1.54) is 11.8 Å². The maximum absolute atomic E-state index is 11.3. The fraction of sp³-hybridized carbons (Fsp3) is 0.364. The molecule has 0 aromatic heterocycles. The minimum Gasteiger partial charge on any atom is -0.299 e. The third kappa shape index (κ3) is 3.72. The lowest BCUT2D eigenvalue weighted by Gasteiger charge is -2.02. The molecule has 0 amide bonds. The first-order valence-corrected chi connectivity index (χ1v) is 5.99. The monoisotopic (exact) mass is 228 g/mol. The lowest BCUT2D eigenvalue weighted by Crippen LogP contribution is -1.99. The van der Waals surface area contributed by atoms with Gasteiger partial charge in [0.15, 0.2) is 0 Å². The van der Waals surface area contributed by atoms with E-state index in [0.29, 0.717) is 12.2 Å². The Morgan fingerprint density at radius 2 is 2.14 bits per heavy atom. The highest BCUT2D eigenvalue weighted by Crippen LogP contribution is 2.26. The Morgan fingerprint density at radius 3 is 2.79 bits per heavy atom. The average molecular weight is 229 g/mol. The van der Waals surface area contributed by atoms with Crippen LogP contribution in [0.4, 0.5) is 0 Å². The molecule has 1 rings (SSSR count). The van der Waals surface area contributed by atoms with Crippen LogP contribution in [0.3, 0.4) is 0 Å². The van der Waals surface area contributed by atoms with Gasteiger partial charge < -0.3 is 0 Å². The van der Waals surface area contributed by atoms with Crippen LogP contribution in [0, 0.1) is 0 Å². The molecule has 0 unspecified atom stereocenters. The van der Waals surface area contributed by atoms with Gasteiger partial charge in [0.25, 0.3) is 0 Å². The molecule has 0 radical (unpaired) electrons. The molecule has 14 heavy (non-hydrogen) atoms. The summed E-state index contributed by atoms with van der Waals surface area (Å²) in [4.78, 5) is 12.2. The first kappa shape index (κ1) is 11.6. The molecule has 0 fully saturated rings. The third-order valence-electron chi connectivity index (χ3n) is 1.75. The number of ketones is 1. The van der Waals surface area contributed by atoms with E-state index in [1.54, 1.807) is 0 Å². The standard InChI is InChI=1S/C11H13ClOS/c1-2-5-9(13)8-14-11-7-4-3-6-10(11)12/h3-4,6-7H,2,5,8H2,1H3. The van der Waals surface area contributed by atoms with Crippen LogP contribution in [0.15, 0.2) is 29.2 Å². The van der Waals surface area contributed by atoms with Gasteiger partial charge in [-0.05, 0) is 18.6 Å². The van der Waals surface area contributed by atoms with Gasteiger partial charge in [-0.3, -0.25) is 4.79 Å². The van der Waals surface area contributed by atoms with Crippen LogP contribution < -0.4 is 0 Å². The highest BCUT2D eigenvalue weighted by molar-refractivity contribution is 8.00. The maximum atomic E-state index is 11.3. The van der Waals surface area contributed by atoms with Gasteiger partial charge in [0.2, 0.25) is 0 Å². The zero-order valence-corrected chi connectivity index (χ0v) is 9.70. The zero-order valence-electron chi connectivity index (χ0n) is 8.13. The van der Waals surface area contributed by atoms with Crippen molar-refractivity contribution < 1.29 is 4.79 Å². The molecule has 0 aliphatic rings. The van der Waals surface area contributed by atoms with Gasteiger partial charge in [-0.15, -0.1) is 11.8 Å². The third-order valence-corrected chi connectivity index (χ3v) is 3.33. The summed E-state index contributed by atoms with van der Waals surface area (Å²) in [7, 11) is 0. The molecule has 0 saturated carbocycles. The second kappa shape index (κ2) is 6.10. The van der Waals surface area contributed by atoms with Gasteiger partial charge >= 0.3 is 0 Å². The Balaban J connectivity index is 2.46. The first-order valence-electron chi connectivity index (χ1n) is 4.63. The molecule has 0 atom stereocenters. The topological polar surface area (TPSA) is 17.1 Å². The Bertz CT molecular complexity index is 312. The second-order valence-electron chi connectivity index (χ2n) is 3.01. The smallest absolute Gasteiger partial charge is 0.143 e. The Morgan fingerprint density at radius 1 is 1.43 bits per heavy atom. The minimum atomic E-state index is 0.289. The fourth-order valence-corrected chi connectivity index (χ4v) is 2.21. The van der Waals surface area contributed by atoms with E-state index in [0.717, 1.165) is 16.3 Å². The van der Waals surface area contributed by atoms with E-state index in [-0.39, 0.29) is 5.78 Å². The molecule has 3 heteroatoms. The number of thioether (sulfide) groups is 1. The SMILES string of the molecule is CCCC(=O)CSc1ccccc1Cl. The Hall–Kier alpha value is -0.470. The van der Waals surface area contributed by atoms with E-state index in [1.807, 2.05) is 31.2 Å². The van der Waals surface area contributed by atoms with Gasteiger partial charge in [0.05, 0.1) is 10.8 Å². The summed E-state index contributed by atoms with van der Waals surface area (Å²) in [5.41, 5.74) is 0. The molecule has 0 aliphatic heterocycles. The van der Waals surface area contributed by atoms with Crippen LogP contribution in [0.2, 0.25) is 5.02 Å². The lowest BCUT2D eigenvalue weighted by molar-refractivity contribution is -0.116. The fourth-order valence-electron chi connectivity index (χ4n) is 1.07. The van der Waals surface area contributed by atoms with Crippen molar-refractivity contribution in [2.75, 3.05) is 5.75 Å². The van der Waals surface area contributed by atoms with Crippen molar-refractivity contribution in [1.29, 1.82) is 0 Å². The van der Waals surface area contributed by atoms with Gasteiger partial charge in [-0.25, -0.2) is 0 Å². The number of Topliss-reactive ketones (excluding diaryl/α,β-unsaturated/α-hetero) is 1. The molecule has 0 saturated heterocycles. The van der Waals surface area contributed by atoms with Gasteiger partial charge in [-0.1, -0.05) is 30.7 Å². The Labute approximate surface area is 93.8 Å². The maximum Gasteiger partial charge on any atom is 0.143 e. The van der Waals surface area contributed by atoms with Crippen LogP contribution in [0.1, 0.15) is 19.8 Å². The molecule has 0 bridgehead atoms. The van der Waals surface area contributed by atoms with Crippen LogP contribution in [0.5, 0.6) is 0 Å². The number of hydrogen-bond acceptors (Lipinski definition) is 2. The number of hydrogen-bond donors (Lipinski definition) is 0. The number of halogens is 1. The van der Waals surface area contributed by atoms with Crippen LogP contribution in [0.25, 0.3) is 0 Å². The lowest BCUT2D eigenvalue weighted by atomic mass is 10.3. The number of carbonyl (C=O) groups excluding carboxylic acids is 1. The largest absolute Gasteiger partial charge is 0.299 e. The Kier molecular flexibility index (Phi) is 5.05. The van der Waals surface area contributed by atoms with Crippen molar-refractivity contribution in [3.8, 4) is 0 Å². The number of carbonyl (C=O) groups is 1. The number of benzene rings is 1. The first-order chi connectivity index (χ1) is 6.74. The van der Waals surface area contributed by atoms with Crippen molar-refractivity contribution in [2.45, 2.75) is 24.7 Å². The van der Waals surface area contributed by atoms with Gasteiger partial charge in [0.1, 0.15) is 5.78 Å². The van der Waals surface area contributed by atoms with Crippen LogP contribution >= 0.6 is 23.4 Å². The molecule has 1 nitrogen and oxygen atoms in total. The summed E-state index contributed by atoms with van der Waals surface area (Å²) >= 11 is 7.47. The summed E-state index contributed by atoms with van der Waals surface area (Å²) in [6.45, 7) is 2.01. The summed E-state index contributed by atoms with van der Waals surface area (Å²) in [5.74, 6) is 0.815. The average Bonchev–Trinajstić information content (AvgIpc) is 2.17. The van der Waals surface area contributed by atoms with Crippen molar-refractivity contribution in [3.05, 3.63) is 29.3 Å². The van der Waals surface area contributed by atoms with Crippen molar-refractivity contribution >= 4 is 29.1 Å². The van der Waals surface area contributed by atoms with E-state index < -0.39 is 0 Å². The van der Waals surface area contributed by atoms with Gasteiger partial charge in [0, 0.05) is 11.3 Å². The normalized spacial score (nSPS) is 10.1. The van der Waals surface area contributed by atoms with Gasteiger partial charge in [-0.2, -0.15) is 0 Å². The molecular formula is C11H13ClOS. The molecule has 0 N–H and O–H groups in total. The second-order valence-corrected chi connectivity index (χ2v) is 4.43. The molecule has 76 valence electrons. The molecular weight excluding hydrogens is 216 g/mol. The van der Waals surface area contributed by atoms with E-state index in [9.17, 15) is 4.79 Å². The summed E-state index contributed by atoms with van der Waals surface area (Å²) in [5, 5.41) is 0.724. The molecule has 0 aliphatic carbocycles. The van der Waals surface area contributed by atoms with Crippen LogP contribution in [-0.4, -0.2) is 11.5 Å². The zero-order chi connectivity index (χ0) is 10.4. The van der Waals surface area contributed by atoms with Crippen molar-refractivity contribution in [2.24, 2.45) is 0 Å². The van der Waals surface area contributed by atoms with E-state index >= 15 is 0 Å². The predicted octanol–water partition coefficient (Wildman–Crippen LogP) is 3.80. The van der Waals surface area contributed by atoms with Crippen molar-refractivity contribution in [1.82, 2.24) is 0 Å². The molecule has 0 heterocycles. The number of rotatable bonds is 5. The minimum absolute atomic E-state index is 0.289. The van der Waals surface area contributed by atoms with Crippen LogP contribution in [-0.2, 0) is 4.79 Å². The molecule has 1 aromatic rings. The van der Waals surface area contributed by atoms with E-state index in [2.05, 4.69) is 0 Å². The quantitative estimate of drug-likeness (QED) is 0.713. The molecule has 0 spiro atoms.